The fourth-order valence-electron chi connectivity index (χ4n) is 3.17. The van der Waals surface area contributed by atoms with Crippen molar-refractivity contribution in [2.24, 2.45) is 0 Å². The van der Waals surface area contributed by atoms with Gasteiger partial charge in [0.1, 0.15) is 0 Å². The molecule has 122 valence electrons. The molecule has 2 nitrogen and oxygen atoms in total. The van der Waals surface area contributed by atoms with Gasteiger partial charge >= 0.3 is 0 Å². The van der Waals surface area contributed by atoms with Crippen LogP contribution in [0.2, 0.25) is 0 Å². The van der Waals surface area contributed by atoms with Crippen LogP contribution in [0, 0.1) is 13.8 Å². The summed E-state index contributed by atoms with van der Waals surface area (Å²) in [6.45, 7) is 4.19. The minimum absolute atomic E-state index is 0.972. The van der Waals surface area contributed by atoms with Crippen LogP contribution in [-0.4, -0.2) is 9.97 Å². The first-order valence-electron chi connectivity index (χ1n) is 8.46. The number of aromatic amines is 2. The lowest BCUT2D eigenvalue weighted by Crippen LogP contribution is -2.08. The second-order valence-electron chi connectivity index (χ2n) is 6.38. The molecule has 0 saturated heterocycles. The van der Waals surface area contributed by atoms with Gasteiger partial charge in [-0.1, -0.05) is 48.2 Å². The quantitative estimate of drug-likeness (QED) is 0.558. The Kier molecular flexibility index (Phi) is 3.89. The van der Waals surface area contributed by atoms with Gasteiger partial charge in [-0.2, -0.15) is 0 Å². The van der Waals surface area contributed by atoms with Crippen molar-refractivity contribution in [2.75, 3.05) is 0 Å². The summed E-state index contributed by atoms with van der Waals surface area (Å²) in [5.74, 6) is 0. The van der Waals surface area contributed by atoms with Crippen LogP contribution in [-0.2, 0) is 0 Å². The molecule has 2 heterocycles. The first-order chi connectivity index (χ1) is 12.2. The predicted molar refractivity (Wildman–Crippen MR) is 106 cm³/mol. The first-order valence-corrected chi connectivity index (χ1v) is 8.46. The molecule has 4 aromatic rings. The topological polar surface area (TPSA) is 31.6 Å². The molecule has 0 aliphatic heterocycles. The van der Waals surface area contributed by atoms with Gasteiger partial charge in [0.25, 0.3) is 0 Å². The summed E-state index contributed by atoms with van der Waals surface area (Å²) in [5.41, 5.74) is 8.12. The molecular weight excluding hydrogens is 304 g/mol. The zero-order valence-electron chi connectivity index (χ0n) is 14.4. The number of benzene rings is 2. The van der Waals surface area contributed by atoms with E-state index in [2.05, 4.69) is 96.3 Å². The Labute approximate surface area is 146 Å². The van der Waals surface area contributed by atoms with Crippen molar-refractivity contribution in [2.45, 2.75) is 13.8 Å². The molecular formula is C23H20N2. The Morgan fingerprint density at radius 3 is 2.56 bits per heavy atom. The Hall–Kier alpha value is -3.22. The Balaban J connectivity index is 1.76. The molecule has 0 atom stereocenters. The second-order valence-corrected chi connectivity index (χ2v) is 6.38. The third-order valence-corrected chi connectivity index (χ3v) is 4.40. The number of hydrogen-bond acceptors (Lipinski definition) is 0. The molecule has 0 radical (unpaired) electrons. The zero-order chi connectivity index (χ0) is 17.2. The molecule has 0 aliphatic rings. The summed E-state index contributed by atoms with van der Waals surface area (Å²) in [5, 5.41) is 4.53. The average molecular weight is 324 g/mol. The van der Waals surface area contributed by atoms with E-state index in [-0.39, 0.29) is 0 Å². The van der Waals surface area contributed by atoms with E-state index < -0.39 is 0 Å². The molecule has 0 bridgehead atoms. The molecule has 25 heavy (non-hydrogen) atoms. The van der Waals surface area contributed by atoms with E-state index in [0.29, 0.717) is 0 Å². The third-order valence-electron chi connectivity index (χ3n) is 4.40. The van der Waals surface area contributed by atoms with E-state index >= 15 is 0 Å². The Morgan fingerprint density at radius 1 is 0.880 bits per heavy atom. The molecule has 0 unspecified atom stereocenters. The smallest absolute Gasteiger partial charge is 0.0818 e. The minimum Gasteiger partial charge on any atom is -0.359 e. The number of hydrogen-bond donors (Lipinski definition) is 2. The fourth-order valence-corrected chi connectivity index (χ4v) is 3.17. The largest absolute Gasteiger partial charge is 0.359 e. The summed E-state index contributed by atoms with van der Waals surface area (Å²) in [6.07, 6.45) is 4.17. The number of H-pyrrole nitrogens is 2. The van der Waals surface area contributed by atoms with Crippen LogP contribution in [0.4, 0.5) is 0 Å². The second kappa shape index (κ2) is 6.35. The number of aryl methyl sites for hydroxylation is 2. The van der Waals surface area contributed by atoms with Crippen molar-refractivity contribution in [1.29, 1.82) is 0 Å². The number of nitrogens with one attached hydrogen (secondary N) is 2. The predicted octanol–water partition coefficient (Wildman–Crippen LogP) is 4.03. The van der Waals surface area contributed by atoms with Crippen LogP contribution in [0.25, 0.3) is 28.7 Å². The van der Waals surface area contributed by atoms with Gasteiger partial charge in [-0.05, 0) is 66.1 Å². The summed E-state index contributed by atoms with van der Waals surface area (Å²) < 4.78 is 0. The van der Waals surface area contributed by atoms with Crippen LogP contribution in [0.5, 0.6) is 0 Å². The van der Waals surface area contributed by atoms with Crippen molar-refractivity contribution in [3.63, 3.8) is 0 Å². The number of aromatic nitrogens is 2. The van der Waals surface area contributed by atoms with Crippen molar-refractivity contribution in [3.05, 3.63) is 93.9 Å². The van der Waals surface area contributed by atoms with Crippen molar-refractivity contribution in [3.8, 4) is 0 Å². The van der Waals surface area contributed by atoms with Gasteiger partial charge in [0.2, 0.25) is 0 Å². The summed E-state index contributed by atoms with van der Waals surface area (Å²) in [4.78, 5) is 6.77. The van der Waals surface area contributed by atoms with Gasteiger partial charge < -0.3 is 9.97 Å². The maximum absolute atomic E-state index is 3.40. The van der Waals surface area contributed by atoms with Crippen molar-refractivity contribution >= 4 is 28.7 Å². The highest BCUT2D eigenvalue weighted by Crippen LogP contribution is 2.19. The lowest BCUT2D eigenvalue weighted by Gasteiger charge is -1.99. The van der Waals surface area contributed by atoms with Crippen LogP contribution >= 0.6 is 0 Å². The summed E-state index contributed by atoms with van der Waals surface area (Å²) in [6, 6.07) is 21.0. The highest BCUT2D eigenvalue weighted by molar-refractivity contribution is 5.91. The first kappa shape index (κ1) is 15.3. The molecule has 0 saturated carbocycles. The van der Waals surface area contributed by atoms with E-state index in [9.17, 15) is 0 Å². The van der Waals surface area contributed by atoms with Gasteiger partial charge in [-0.25, -0.2) is 0 Å². The van der Waals surface area contributed by atoms with Gasteiger partial charge in [0, 0.05) is 16.7 Å². The van der Waals surface area contributed by atoms with E-state index in [4.69, 9.17) is 0 Å². The van der Waals surface area contributed by atoms with Gasteiger partial charge in [-0.3, -0.25) is 0 Å². The van der Waals surface area contributed by atoms with E-state index in [0.717, 1.165) is 16.4 Å². The molecule has 2 aromatic carbocycles. The fraction of sp³-hybridized carbons (Fsp3) is 0.0870. The molecule has 2 heteroatoms. The maximum Gasteiger partial charge on any atom is 0.0818 e. The van der Waals surface area contributed by atoms with E-state index in [1.54, 1.807) is 0 Å². The highest BCUT2D eigenvalue weighted by atomic mass is 14.7. The van der Waals surface area contributed by atoms with E-state index in [1.165, 1.54) is 27.6 Å². The summed E-state index contributed by atoms with van der Waals surface area (Å²) >= 11 is 0. The normalized spacial score (nSPS) is 11.7. The Morgan fingerprint density at radius 2 is 1.72 bits per heavy atom. The summed E-state index contributed by atoms with van der Waals surface area (Å²) in [7, 11) is 0. The minimum atomic E-state index is 0.972. The molecule has 4 rings (SSSR count). The number of rotatable bonds is 2. The molecule has 2 aromatic heterocycles. The van der Waals surface area contributed by atoms with Crippen LogP contribution in [0.3, 0.4) is 0 Å². The molecule has 0 amide bonds. The monoisotopic (exact) mass is 324 g/mol. The lowest BCUT2D eigenvalue weighted by molar-refractivity contribution is 1.22. The third kappa shape index (κ3) is 3.21. The standard InChI is InChI=1S/C23H20N2/c1-16-14-17(2)24-23(16)15-21-13-12-20(25-21)11-10-19-8-5-7-18-6-3-4-9-22(18)19/h3-10,12-15,24-25H,1-2H3. The van der Waals surface area contributed by atoms with Gasteiger partial charge in [0.05, 0.1) is 5.35 Å². The maximum atomic E-state index is 3.40. The lowest BCUT2D eigenvalue weighted by atomic mass is 10.0. The zero-order valence-corrected chi connectivity index (χ0v) is 14.4. The van der Waals surface area contributed by atoms with Gasteiger partial charge in [-0.15, -0.1) is 0 Å². The highest BCUT2D eigenvalue weighted by Gasteiger charge is 1.98. The molecule has 0 spiro atoms. The SMILES string of the molecule is Cc1cc(C)c(C=c2ccc(=C=Cc3cccc4ccccc34)[nH]2)[nH]1. The van der Waals surface area contributed by atoms with E-state index in [1.807, 2.05) is 6.08 Å². The Bertz CT molecular complexity index is 1190. The van der Waals surface area contributed by atoms with Crippen LogP contribution in [0.15, 0.2) is 60.7 Å². The average Bonchev–Trinajstić information content (AvgIpc) is 3.19. The van der Waals surface area contributed by atoms with Gasteiger partial charge in [0.15, 0.2) is 0 Å². The van der Waals surface area contributed by atoms with Crippen LogP contribution in [0.1, 0.15) is 22.5 Å². The molecule has 0 aliphatic carbocycles. The van der Waals surface area contributed by atoms with Crippen molar-refractivity contribution < 1.29 is 0 Å². The van der Waals surface area contributed by atoms with Crippen LogP contribution < -0.4 is 10.7 Å². The van der Waals surface area contributed by atoms with Crippen molar-refractivity contribution in [1.82, 2.24) is 9.97 Å². The number of fused-ring (bicyclic) bond motifs is 1. The molecule has 2 N–H and O–H groups in total. The molecule has 0 fully saturated rings.